The first-order valence-electron chi connectivity index (χ1n) is 9.33. The lowest BCUT2D eigenvalue weighted by atomic mass is 9.99. The standard InChI is InChI=1S/C24H16N2O3S/c27-21(16-11-5-2-6-12-16)19-20(15-9-3-1-4-10-15)26(23(29)22(19)28)24-25-17-13-7-8-14-18(17)30-24/h1-14,28-29H. The number of thiazole rings is 1. The first kappa shape index (κ1) is 18.1. The first-order chi connectivity index (χ1) is 14.6. The quantitative estimate of drug-likeness (QED) is 0.388. The molecule has 0 aliphatic carbocycles. The van der Waals surface area contributed by atoms with E-state index in [2.05, 4.69) is 4.98 Å². The first-order valence-corrected chi connectivity index (χ1v) is 10.1. The summed E-state index contributed by atoms with van der Waals surface area (Å²) in [5.74, 6) is -1.24. The van der Waals surface area contributed by atoms with Crippen molar-refractivity contribution in [1.82, 2.24) is 9.55 Å². The van der Waals surface area contributed by atoms with Gasteiger partial charge in [-0.05, 0) is 17.7 Å². The number of nitrogens with zero attached hydrogens (tertiary/aromatic N) is 2. The summed E-state index contributed by atoms with van der Waals surface area (Å²) in [6.07, 6.45) is 0. The van der Waals surface area contributed by atoms with Crippen LogP contribution in [-0.4, -0.2) is 25.5 Å². The van der Waals surface area contributed by atoms with Gasteiger partial charge in [0.1, 0.15) is 0 Å². The summed E-state index contributed by atoms with van der Waals surface area (Å²) in [6, 6.07) is 25.6. The molecule has 0 bridgehead atoms. The minimum atomic E-state index is -0.457. The minimum absolute atomic E-state index is 0.0455. The molecule has 0 radical (unpaired) electrons. The highest BCUT2D eigenvalue weighted by molar-refractivity contribution is 7.20. The normalized spacial score (nSPS) is 11.1. The van der Waals surface area contributed by atoms with Gasteiger partial charge in [0.15, 0.2) is 16.7 Å². The van der Waals surface area contributed by atoms with E-state index in [0.29, 0.717) is 22.0 Å². The molecule has 2 N–H and O–H groups in total. The molecule has 6 heteroatoms. The highest BCUT2D eigenvalue weighted by Gasteiger charge is 2.30. The number of aromatic hydroxyl groups is 2. The van der Waals surface area contributed by atoms with Gasteiger partial charge in [-0.1, -0.05) is 84.1 Å². The van der Waals surface area contributed by atoms with Gasteiger partial charge >= 0.3 is 0 Å². The van der Waals surface area contributed by atoms with Gasteiger partial charge in [0, 0.05) is 5.56 Å². The second-order valence-corrected chi connectivity index (χ2v) is 7.77. The van der Waals surface area contributed by atoms with Crippen LogP contribution in [0.2, 0.25) is 0 Å². The van der Waals surface area contributed by atoms with Gasteiger partial charge in [-0.2, -0.15) is 0 Å². The van der Waals surface area contributed by atoms with E-state index in [1.807, 2.05) is 60.7 Å². The van der Waals surface area contributed by atoms with Crippen molar-refractivity contribution in [2.45, 2.75) is 0 Å². The van der Waals surface area contributed by atoms with Crippen LogP contribution in [0.15, 0.2) is 84.9 Å². The lowest BCUT2D eigenvalue weighted by molar-refractivity contribution is 0.103. The van der Waals surface area contributed by atoms with Crippen LogP contribution in [0, 0.1) is 0 Å². The number of carbonyl (C=O) groups excluding carboxylic acids is 1. The second-order valence-electron chi connectivity index (χ2n) is 6.76. The predicted molar refractivity (Wildman–Crippen MR) is 118 cm³/mol. The summed E-state index contributed by atoms with van der Waals surface area (Å²) < 4.78 is 2.39. The van der Waals surface area contributed by atoms with E-state index in [1.165, 1.54) is 15.9 Å². The Morgan fingerprint density at radius 1 is 0.833 bits per heavy atom. The summed E-state index contributed by atoms with van der Waals surface area (Å²) in [4.78, 5) is 17.9. The van der Waals surface area contributed by atoms with Crippen molar-refractivity contribution in [2.24, 2.45) is 0 Å². The van der Waals surface area contributed by atoms with Crippen LogP contribution in [-0.2, 0) is 0 Å². The van der Waals surface area contributed by atoms with Gasteiger partial charge in [0.05, 0.1) is 21.5 Å². The largest absolute Gasteiger partial charge is 0.503 e. The predicted octanol–water partition coefficient (Wildman–Crippen LogP) is 5.40. The molecular formula is C24H16N2O3S. The van der Waals surface area contributed by atoms with Crippen LogP contribution in [0.5, 0.6) is 11.6 Å². The van der Waals surface area contributed by atoms with Gasteiger partial charge in [0.25, 0.3) is 0 Å². The average molecular weight is 412 g/mol. The molecule has 2 heterocycles. The number of rotatable bonds is 4. The Morgan fingerprint density at radius 3 is 2.17 bits per heavy atom. The Bertz CT molecular complexity index is 1340. The van der Waals surface area contributed by atoms with Gasteiger partial charge < -0.3 is 10.2 Å². The van der Waals surface area contributed by atoms with Crippen molar-refractivity contribution in [3.63, 3.8) is 0 Å². The Morgan fingerprint density at radius 2 is 1.47 bits per heavy atom. The van der Waals surface area contributed by atoms with Crippen molar-refractivity contribution in [3.05, 3.63) is 96.1 Å². The number of fused-ring (bicyclic) bond motifs is 1. The topological polar surface area (TPSA) is 75.3 Å². The van der Waals surface area contributed by atoms with Crippen LogP contribution in [0.25, 0.3) is 26.6 Å². The molecule has 5 aromatic rings. The molecule has 0 aliphatic heterocycles. The highest BCUT2D eigenvalue weighted by atomic mass is 32.1. The molecule has 0 spiro atoms. The van der Waals surface area contributed by atoms with Crippen molar-refractivity contribution in [2.75, 3.05) is 0 Å². The number of carbonyl (C=O) groups is 1. The van der Waals surface area contributed by atoms with Gasteiger partial charge in [-0.15, -0.1) is 0 Å². The fraction of sp³-hybridized carbons (Fsp3) is 0. The molecule has 146 valence electrons. The third-order valence-electron chi connectivity index (χ3n) is 4.90. The maximum Gasteiger partial charge on any atom is 0.242 e. The highest BCUT2D eigenvalue weighted by Crippen LogP contribution is 2.45. The molecule has 3 aromatic carbocycles. The fourth-order valence-corrected chi connectivity index (χ4v) is 4.48. The van der Waals surface area contributed by atoms with Gasteiger partial charge in [-0.3, -0.25) is 9.36 Å². The van der Waals surface area contributed by atoms with Crippen molar-refractivity contribution in [3.8, 4) is 28.0 Å². The third kappa shape index (κ3) is 2.86. The van der Waals surface area contributed by atoms with E-state index < -0.39 is 11.6 Å². The van der Waals surface area contributed by atoms with Crippen LogP contribution in [0.4, 0.5) is 0 Å². The summed E-state index contributed by atoms with van der Waals surface area (Å²) in [7, 11) is 0. The smallest absolute Gasteiger partial charge is 0.242 e. The average Bonchev–Trinajstić information content (AvgIpc) is 3.33. The Kier molecular flexibility index (Phi) is 4.34. The molecular weight excluding hydrogens is 396 g/mol. The van der Waals surface area contributed by atoms with E-state index >= 15 is 0 Å². The van der Waals surface area contributed by atoms with Crippen LogP contribution in [0.3, 0.4) is 0 Å². The summed E-state index contributed by atoms with van der Waals surface area (Å²) in [5.41, 5.74) is 2.33. The zero-order valence-corrected chi connectivity index (χ0v) is 16.5. The molecule has 5 nitrogen and oxygen atoms in total. The Balaban J connectivity index is 1.82. The molecule has 0 amide bonds. The molecule has 0 saturated heterocycles. The number of aromatic nitrogens is 2. The fourth-order valence-electron chi connectivity index (χ4n) is 3.51. The Labute approximate surface area is 176 Å². The molecule has 0 aliphatic rings. The van der Waals surface area contributed by atoms with Crippen molar-refractivity contribution >= 4 is 27.3 Å². The number of hydrogen-bond acceptors (Lipinski definition) is 5. The van der Waals surface area contributed by atoms with Crippen LogP contribution in [0.1, 0.15) is 15.9 Å². The van der Waals surface area contributed by atoms with E-state index in [-0.39, 0.29) is 11.3 Å². The molecule has 0 unspecified atom stereocenters. The summed E-state index contributed by atoms with van der Waals surface area (Å²) >= 11 is 1.37. The zero-order chi connectivity index (χ0) is 20.7. The lowest BCUT2D eigenvalue weighted by Crippen LogP contribution is -2.04. The maximum absolute atomic E-state index is 13.3. The number of benzene rings is 3. The van der Waals surface area contributed by atoms with Gasteiger partial charge in [0.2, 0.25) is 5.88 Å². The SMILES string of the molecule is O=C(c1ccccc1)c1c(O)c(O)n(-c2nc3ccccc3s2)c1-c1ccccc1. The molecule has 2 aromatic heterocycles. The van der Waals surface area contributed by atoms with Crippen LogP contribution < -0.4 is 0 Å². The molecule has 0 atom stereocenters. The lowest BCUT2D eigenvalue weighted by Gasteiger charge is -2.09. The zero-order valence-electron chi connectivity index (χ0n) is 15.7. The number of hydrogen-bond donors (Lipinski definition) is 2. The van der Waals surface area contributed by atoms with E-state index in [9.17, 15) is 15.0 Å². The summed E-state index contributed by atoms with van der Waals surface area (Å²) in [5, 5.41) is 22.1. The van der Waals surface area contributed by atoms with E-state index in [0.717, 1.165) is 10.2 Å². The summed E-state index contributed by atoms with van der Waals surface area (Å²) in [6.45, 7) is 0. The van der Waals surface area contributed by atoms with E-state index in [1.54, 1.807) is 24.3 Å². The monoisotopic (exact) mass is 412 g/mol. The minimum Gasteiger partial charge on any atom is -0.503 e. The van der Waals surface area contributed by atoms with Crippen molar-refractivity contribution in [1.29, 1.82) is 0 Å². The number of para-hydroxylation sites is 1. The third-order valence-corrected chi connectivity index (χ3v) is 5.93. The molecule has 0 saturated carbocycles. The van der Waals surface area contributed by atoms with Crippen molar-refractivity contribution < 1.29 is 15.0 Å². The Hall–Kier alpha value is -3.90. The van der Waals surface area contributed by atoms with E-state index in [4.69, 9.17) is 0 Å². The molecule has 30 heavy (non-hydrogen) atoms. The molecule has 5 rings (SSSR count). The maximum atomic E-state index is 13.3. The number of ketones is 1. The van der Waals surface area contributed by atoms with Crippen LogP contribution >= 0.6 is 11.3 Å². The second kappa shape index (κ2) is 7.17. The molecule has 0 fully saturated rings. The van der Waals surface area contributed by atoms with Gasteiger partial charge in [-0.25, -0.2) is 4.98 Å².